The zero-order valence-electron chi connectivity index (χ0n) is 17.7. The van der Waals surface area contributed by atoms with Gasteiger partial charge in [-0.1, -0.05) is 37.5 Å². The van der Waals surface area contributed by atoms with Gasteiger partial charge in [0.1, 0.15) is 24.2 Å². The maximum atomic E-state index is 14.9. The van der Waals surface area contributed by atoms with Crippen LogP contribution in [-0.4, -0.2) is 62.2 Å². The van der Waals surface area contributed by atoms with E-state index in [2.05, 4.69) is 25.3 Å². The Morgan fingerprint density at radius 2 is 1.81 bits per heavy atom. The lowest BCUT2D eigenvalue weighted by Gasteiger charge is -2.43. The maximum absolute atomic E-state index is 14.9. The fourth-order valence-corrected chi connectivity index (χ4v) is 5.07. The maximum Gasteiger partial charge on any atom is 0.173 e. The van der Waals surface area contributed by atoms with Gasteiger partial charge in [0.05, 0.1) is 6.26 Å². The second-order valence-electron chi connectivity index (χ2n) is 8.56. The highest BCUT2D eigenvalue weighted by molar-refractivity contribution is 5.27. The summed E-state index contributed by atoms with van der Waals surface area (Å²) in [6.07, 6.45) is 8.28. The zero-order chi connectivity index (χ0) is 21.0. The Labute approximate surface area is 181 Å². The quantitative estimate of drug-likeness (QED) is 0.604. The Morgan fingerprint density at radius 1 is 1.00 bits per heavy atom. The predicted octanol–water partition coefficient (Wildman–Crippen LogP) is 3.49. The minimum atomic E-state index is -0.334. The van der Waals surface area contributed by atoms with Gasteiger partial charge in [-0.25, -0.2) is 9.07 Å². The molecule has 0 unspecified atom stereocenters. The van der Waals surface area contributed by atoms with Crippen LogP contribution in [-0.2, 0) is 6.54 Å². The molecule has 0 radical (unpaired) electrons. The lowest BCUT2D eigenvalue weighted by atomic mass is 9.93. The number of nitrogens with zero attached hydrogens (tertiary/aromatic N) is 6. The number of rotatable bonds is 6. The second-order valence-corrected chi connectivity index (χ2v) is 8.56. The summed E-state index contributed by atoms with van der Waals surface area (Å²) in [7, 11) is 0. The molecule has 0 spiro atoms. The van der Waals surface area contributed by atoms with Crippen LogP contribution in [0.5, 0.6) is 0 Å². The van der Waals surface area contributed by atoms with E-state index in [4.69, 9.17) is 4.42 Å². The predicted molar refractivity (Wildman–Crippen MR) is 114 cm³/mol. The lowest BCUT2D eigenvalue weighted by molar-refractivity contribution is 0.0612. The summed E-state index contributed by atoms with van der Waals surface area (Å²) in [6, 6.07) is 11.1. The molecule has 2 aliphatic rings. The number of halogens is 1. The number of tetrazole rings is 1. The summed E-state index contributed by atoms with van der Waals surface area (Å²) in [4.78, 5) is 4.95. The van der Waals surface area contributed by atoms with Crippen molar-refractivity contribution in [3.05, 3.63) is 65.6 Å². The van der Waals surface area contributed by atoms with Gasteiger partial charge in [-0.2, -0.15) is 0 Å². The van der Waals surface area contributed by atoms with Gasteiger partial charge in [0.2, 0.25) is 0 Å². The molecule has 1 saturated heterocycles. The summed E-state index contributed by atoms with van der Waals surface area (Å²) in [5, 5.41) is 12.4. The molecule has 3 aromatic rings. The Morgan fingerprint density at radius 3 is 2.55 bits per heavy atom. The smallest absolute Gasteiger partial charge is 0.173 e. The molecule has 2 fully saturated rings. The molecule has 5 rings (SSSR count). The molecule has 1 aromatic carbocycles. The molecule has 1 aliphatic carbocycles. The summed E-state index contributed by atoms with van der Waals surface area (Å²) in [5.41, 5.74) is 0.615. The average Bonchev–Trinajstić information content (AvgIpc) is 3.49. The normalized spacial score (nSPS) is 20.2. The monoisotopic (exact) mass is 424 g/mol. The molecular weight excluding hydrogens is 395 g/mol. The fourth-order valence-electron chi connectivity index (χ4n) is 5.07. The number of furan rings is 1. The van der Waals surface area contributed by atoms with Crippen molar-refractivity contribution >= 4 is 0 Å². The highest BCUT2D eigenvalue weighted by Crippen LogP contribution is 2.31. The Kier molecular flexibility index (Phi) is 6.08. The SMILES string of the molecule is Fc1ccccc1[C@H](c1nnnn1Cc1ccco1)N1CCN(C2CCCCC2)CC1. The first-order valence-corrected chi connectivity index (χ1v) is 11.3. The molecule has 3 heterocycles. The molecule has 8 heteroatoms. The fraction of sp³-hybridized carbons (Fsp3) is 0.522. The minimum absolute atomic E-state index is 0.227. The Bertz CT molecular complexity index is 960. The van der Waals surface area contributed by atoms with Gasteiger partial charge in [0.15, 0.2) is 5.82 Å². The lowest BCUT2D eigenvalue weighted by Crippen LogP contribution is -2.52. The van der Waals surface area contributed by atoms with Gasteiger partial charge in [-0.05, 0) is 41.5 Å². The number of benzene rings is 1. The van der Waals surface area contributed by atoms with Crippen LogP contribution in [0.2, 0.25) is 0 Å². The first-order valence-electron chi connectivity index (χ1n) is 11.3. The van der Waals surface area contributed by atoms with Gasteiger partial charge in [-0.15, -0.1) is 5.10 Å². The van der Waals surface area contributed by atoms with Crippen LogP contribution in [0.3, 0.4) is 0 Å². The highest BCUT2D eigenvalue weighted by atomic mass is 19.1. The summed E-state index contributed by atoms with van der Waals surface area (Å²) < 4.78 is 22.1. The zero-order valence-corrected chi connectivity index (χ0v) is 17.7. The van der Waals surface area contributed by atoms with E-state index in [1.54, 1.807) is 17.0 Å². The van der Waals surface area contributed by atoms with Crippen LogP contribution in [0.25, 0.3) is 0 Å². The number of aromatic nitrogens is 4. The van der Waals surface area contributed by atoms with Crippen LogP contribution in [0.1, 0.15) is 55.3 Å². The van der Waals surface area contributed by atoms with E-state index in [-0.39, 0.29) is 11.9 Å². The van der Waals surface area contributed by atoms with Crippen LogP contribution in [0, 0.1) is 5.82 Å². The van der Waals surface area contributed by atoms with Gasteiger partial charge in [0, 0.05) is 37.8 Å². The standard InChI is InChI=1S/C23H29FN6O/c24-21-11-5-4-10-20(21)22(23-25-26-27-30(23)17-19-9-6-16-31-19)29-14-12-28(13-15-29)18-7-2-1-3-8-18/h4-6,9-11,16,18,22H,1-3,7-8,12-15,17H2/t22-/m1/s1. The highest BCUT2D eigenvalue weighted by Gasteiger charge is 2.34. The van der Waals surface area contributed by atoms with Crippen molar-refractivity contribution in [1.82, 2.24) is 30.0 Å². The third-order valence-corrected chi connectivity index (χ3v) is 6.69. The van der Waals surface area contributed by atoms with Crippen LogP contribution < -0.4 is 0 Å². The first kappa shape index (κ1) is 20.3. The van der Waals surface area contributed by atoms with E-state index in [1.165, 1.54) is 38.2 Å². The third-order valence-electron chi connectivity index (χ3n) is 6.69. The molecule has 0 amide bonds. The van der Waals surface area contributed by atoms with E-state index in [1.807, 2.05) is 24.3 Å². The molecule has 164 valence electrons. The van der Waals surface area contributed by atoms with E-state index in [0.29, 0.717) is 24.0 Å². The summed E-state index contributed by atoms with van der Waals surface area (Å²) >= 11 is 0. The van der Waals surface area contributed by atoms with Crippen molar-refractivity contribution in [2.24, 2.45) is 0 Å². The van der Waals surface area contributed by atoms with Crippen molar-refractivity contribution in [3.63, 3.8) is 0 Å². The molecule has 0 N–H and O–H groups in total. The van der Waals surface area contributed by atoms with Gasteiger partial charge < -0.3 is 4.42 Å². The number of hydrogen-bond donors (Lipinski definition) is 0. The molecule has 1 aliphatic heterocycles. The Balaban J connectivity index is 1.40. The van der Waals surface area contributed by atoms with Gasteiger partial charge in [0.25, 0.3) is 0 Å². The van der Waals surface area contributed by atoms with Crippen molar-refractivity contribution in [2.75, 3.05) is 26.2 Å². The average molecular weight is 425 g/mol. The Hall–Kier alpha value is -2.58. The molecule has 7 nitrogen and oxygen atoms in total. The molecule has 2 aromatic heterocycles. The van der Waals surface area contributed by atoms with Crippen LogP contribution >= 0.6 is 0 Å². The van der Waals surface area contributed by atoms with Crippen molar-refractivity contribution in [3.8, 4) is 0 Å². The van der Waals surface area contributed by atoms with Crippen molar-refractivity contribution < 1.29 is 8.81 Å². The topological polar surface area (TPSA) is 63.2 Å². The molecule has 1 atom stereocenters. The second kappa shape index (κ2) is 9.28. The van der Waals surface area contributed by atoms with Crippen LogP contribution in [0.15, 0.2) is 47.1 Å². The third kappa shape index (κ3) is 4.41. The van der Waals surface area contributed by atoms with E-state index in [0.717, 1.165) is 31.9 Å². The van der Waals surface area contributed by atoms with E-state index in [9.17, 15) is 4.39 Å². The molecule has 1 saturated carbocycles. The molecular formula is C23H29FN6O. The summed E-state index contributed by atoms with van der Waals surface area (Å²) in [6.45, 7) is 4.14. The van der Waals surface area contributed by atoms with Crippen LogP contribution in [0.4, 0.5) is 4.39 Å². The summed E-state index contributed by atoms with van der Waals surface area (Å²) in [5.74, 6) is 1.19. The number of hydrogen-bond acceptors (Lipinski definition) is 6. The minimum Gasteiger partial charge on any atom is -0.467 e. The van der Waals surface area contributed by atoms with E-state index < -0.39 is 0 Å². The first-order chi connectivity index (χ1) is 15.3. The van der Waals surface area contributed by atoms with Crippen molar-refractivity contribution in [2.45, 2.75) is 50.7 Å². The molecule has 31 heavy (non-hydrogen) atoms. The molecule has 0 bridgehead atoms. The van der Waals surface area contributed by atoms with Gasteiger partial charge in [-0.3, -0.25) is 9.80 Å². The van der Waals surface area contributed by atoms with Crippen molar-refractivity contribution in [1.29, 1.82) is 0 Å². The largest absolute Gasteiger partial charge is 0.467 e. The number of piperazine rings is 1. The van der Waals surface area contributed by atoms with E-state index >= 15 is 0 Å². The van der Waals surface area contributed by atoms with Gasteiger partial charge >= 0.3 is 0 Å².